The van der Waals surface area contributed by atoms with Gasteiger partial charge in [0.25, 0.3) is 5.91 Å². The number of anilines is 1. The molecule has 226 valence electrons. The Labute approximate surface area is 247 Å². The van der Waals surface area contributed by atoms with Crippen molar-refractivity contribution in [1.82, 2.24) is 4.57 Å². The van der Waals surface area contributed by atoms with Gasteiger partial charge in [0.05, 0.1) is 29.9 Å². The molecular weight excluding hydrogens is 561 g/mol. The van der Waals surface area contributed by atoms with E-state index in [1.54, 1.807) is 34.9 Å². The smallest absolute Gasteiger partial charge is 0.305 e. The van der Waals surface area contributed by atoms with Crippen molar-refractivity contribution in [2.75, 3.05) is 5.32 Å². The predicted octanol–water partition coefficient (Wildman–Crippen LogP) is 6.59. The molecule has 4 aromatic rings. The minimum Gasteiger partial charge on any atom is -0.481 e. The molecule has 0 spiro atoms. The van der Waals surface area contributed by atoms with Crippen LogP contribution in [0.3, 0.4) is 0 Å². The van der Waals surface area contributed by atoms with Crippen LogP contribution in [0.4, 0.5) is 18.9 Å². The normalized spacial score (nSPS) is 12.7. The highest BCUT2D eigenvalue weighted by Crippen LogP contribution is 2.43. The zero-order chi connectivity index (χ0) is 31.3. The van der Waals surface area contributed by atoms with E-state index in [0.717, 1.165) is 12.1 Å². The molecule has 0 aliphatic rings. The van der Waals surface area contributed by atoms with Gasteiger partial charge < -0.3 is 25.2 Å². The van der Waals surface area contributed by atoms with E-state index >= 15 is 4.39 Å². The molecule has 1 heterocycles. The first-order chi connectivity index (χ1) is 20.5. The molecule has 10 heteroatoms. The molecular formula is C33H33F3N2O5. The second-order valence-electron chi connectivity index (χ2n) is 10.7. The number of nitrogens with one attached hydrogen (secondary N) is 1. The number of carboxylic acid groups (broad SMARTS) is 1. The van der Waals surface area contributed by atoms with Crippen LogP contribution in [0.15, 0.2) is 72.8 Å². The maximum absolute atomic E-state index is 15.5. The number of aliphatic carboxylic acids is 1. The SMILES string of the molecule is CC(C)c1c(C(=O)Nc2ccccc2)c(-c2ccc(F)cc2F)c(-c2ccc(F)cc2)n1CC[C@@H](O)C[C@@H](O)CC(=O)O. The summed E-state index contributed by atoms with van der Waals surface area (Å²) in [5.41, 5.74) is 2.03. The third kappa shape index (κ3) is 7.52. The molecule has 0 unspecified atom stereocenters. The molecule has 3 aromatic carbocycles. The lowest BCUT2D eigenvalue weighted by Gasteiger charge is -2.20. The Morgan fingerprint density at radius 2 is 1.53 bits per heavy atom. The van der Waals surface area contributed by atoms with E-state index in [1.165, 1.54) is 30.3 Å². The Balaban J connectivity index is 1.95. The van der Waals surface area contributed by atoms with Crippen molar-refractivity contribution < 1.29 is 38.1 Å². The van der Waals surface area contributed by atoms with E-state index in [0.29, 0.717) is 22.6 Å². The zero-order valence-electron chi connectivity index (χ0n) is 23.7. The number of rotatable bonds is 12. The third-order valence-electron chi connectivity index (χ3n) is 7.07. The first-order valence-electron chi connectivity index (χ1n) is 13.9. The van der Waals surface area contributed by atoms with Crippen LogP contribution in [0, 0.1) is 17.5 Å². The van der Waals surface area contributed by atoms with Crippen molar-refractivity contribution in [3.63, 3.8) is 0 Å². The Morgan fingerprint density at radius 3 is 2.14 bits per heavy atom. The molecule has 4 rings (SSSR count). The number of hydrogen-bond acceptors (Lipinski definition) is 4. The molecule has 7 nitrogen and oxygen atoms in total. The monoisotopic (exact) mass is 594 g/mol. The van der Waals surface area contributed by atoms with Gasteiger partial charge in [-0.2, -0.15) is 0 Å². The van der Waals surface area contributed by atoms with Gasteiger partial charge in [-0.15, -0.1) is 0 Å². The Bertz CT molecular complexity index is 1590. The number of halogens is 3. The first kappa shape index (κ1) is 31.5. The summed E-state index contributed by atoms with van der Waals surface area (Å²) in [5.74, 6) is -4.28. The maximum Gasteiger partial charge on any atom is 0.305 e. The fourth-order valence-corrected chi connectivity index (χ4v) is 5.27. The van der Waals surface area contributed by atoms with Crippen LogP contribution in [0.5, 0.6) is 0 Å². The highest BCUT2D eigenvalue weighted by atomic mass is 19.1. The summed E-state index contributed by atoms with van der Waals surface area (Å²) in [6, 6.07) is 17.2. The molecule has 4 N–H and O–H groups in total. The van der Waals surface area contributed by atoms with Gasteiger partial charge in [0, 0.05) is 35.1 Å². The molecule has 2 atom stereocenters. The number of carbonyl (C=O) groups is 2. The number of carbonyl (C=O) groups excluding carboxylic acids is 1. The van der Waals surface area contributed by atoms with Crippen molar-refractivity contribution in [3.8, 4) is 22.4 Å². The van der Waals surface area contributed by atoms with Crippen LogP contribution < -0.4 is 5.32 Å². The lowest BCUT2D eigenvalue weighted by atomic mass is 9.94. The molecule has 0 saturated heterocycles. The number of nitrogens with zero attached hydrogens (tertiary/aromatic N) is 1. The summed E-state index contributed by atoms with van der Waals surface area (Å²) >= 11 is 0. The van der Waals surface area contributed by atoms with Crippen molar-refractivity contribution in [2.24, 2.45) is 0 Å². The molecule has 1 amide bonds. The van der Waals surface area contributed by atoms with Gasteiger partial charge in [-0.1, -0.05) is 32.0 Å². The standard InChI is InChI=1S/C33H33F3N2O5/c1-19(2)31-30(33(43)37-23-6-4-3-5-7-23)29(26-13-12-22(35)16-27(26)36)32(20-8-10-21(34)11-9-20)38(31)15-14-24(39)17-25(40)18-28(41)42/h3-13,16,19,24-25,39-40H,14-15,17-18H2,1-2H3,(H,37,43)(H,41,42)/t24-,25-/m1/s1. The Kier molecular flexibility index (Phi) is 10.1. The second-order valence-corrected chi connectivity index (χ2v) is 10.7. The van der Waals surface area contributed by atoms with Gasteiger partial charge >= 0.3 is 5.97 Å². The quantitative estimate of drug-likeness (QED) is 0.148. The van der Waals surface area contributed by atoms with E-state index in [1.807, 2.05) is 13.8 Å². The molecule has 1 aromatic heterocycles. The minimum atomic E-state index is -1.27. The van der Waals surface area contributed by atoms with Crippen LogP contribution in [-0.2, 0) is 11.3 Å². The Morgan fingerprint density at radius 1 is 0.884 bits per heavy atom. The summed E-state index contributed by atoms with van der Waals surface area (Å²) in [4.78, 5) is 25.0. The van der Waals surface area contributed by atoms with E-state index in [9.17, 15) is 28.6 Å². The highest BCUT2D eigenvalue weighted by molar-refractivity contribution is 6.12. The molecule has 0 radical (unpaired) electrons. The van der Waals surface area contributed by atoms with Crippen molar-refractivity contribution in [3.05, 3.63) is 102 Å². The fourth-order valence-electron chi connectivity index (χ4n) is 5.27. The average molecular weight is 595 g/mol. The summed E-state index contributed by atoms with van der Waals surface area (Å²) in [6.07, 6.45) is -3.06. The van der Waals surface area contributed by atoms with Crippen molar-refractivity contribution >= 4 is 17.6 Å². The van der Waals surface area contributed by atoms with Crippen LogP contribution in [0.1, 0.15) is 55.1 Å². The lowest BCUT2D eigenvalue weighted by molar-refractivity contribution is -0.139. The van der Waals surface area contributed by atoms with E-state index in [2.05, 4.69) is 5.32 Å². The number of aromatic nitrogens is 1. The van der Waals surface area contributed by atoms with Crippen molar-refractivity contribution in [1.29, 1.82) is 0 Å². The average Bonchev–Trinajstić information content (AvgIpc) is 3.27. The number of para-hydroxylation sites is 1. The van der Waals surface area contributed by atoms with Gasteiger partial charge in [-0.05, 0) is 72.9 Å². The van der Waals surface area contributed by atoms with Gasteiger partial charge in [0.15, 0.2) is 0 Å². The summed E-state index contributed by atoms with van der Waals surface area (Å²) in [7, 11) is 0. The number of benzene rings is 3. The number of hydrogen-bond donors (Lipinski definition) is 4. The number of aliphatic hydroxyl groups excluding tert-OH is 2. The number of amides is 1. The van der Waals surface area contributed by atoms with Gasteiger partial charge in [0.1, 0.15) is 17.5 Å². The topological polar surface area (TPSA) is 112 Å². The Hall–Kier alpha value is -4.41. The van der Waals surface area contributed by atoms with Crippen LogP contribution >= 0.6 is 0 Å². The first-order valence-corrected chi connectivity index (χ1v) is 13.9. The molecule has 0 bridgehead atoms. The van der Waals surface area contributed by atoms with E-state index < -0.39 is 48.0 Å². The number of aliphatic hydroxyl groups is 2. The fraction of sp³-hybridized carbons (Fsp3) is 0.273. The van der Waals surface area contributed by atoms with Crippen molar-refractivity contribution in [2.45, 2.75) is 57.8 Å². The van der Waals surface area contributed by atoms with Crippen LogP contribution in [0.25, 0.3) is 22.4 Å². The molecule has 0 saturated carbocycles. The second kappa shape index (κ2) is 13.7. The third-order valence-corrected chi connectivity index (χ3v) is 7.07. The molecule has 43 heavy (non-hydrogen) atoms. The molecule has 0 aliphatic heterocycles. The lowest BCUT2D eigenvalue weighted by Crippen LogP contribution is -2.22. The van der Waals surface area contributed by atoms with Gasteiger partial charge in [0.2, 0.25) is 0 Å². The maximum atomic E-state index is 15.5. The highest BCUT2D eigenvalue weighted by Gasteiger charge is 2.32. The van der Waals surface area contributed by atoms with Gasteiger partial charge in [-0.25, -0.2) is 13.2 Å². The van der Waals surface area contributed by atoms with Crippen LogP contribution in [0.2, 0.25) is 0 Å². The largest absolute Gasteiger partial charge is 0.481 e. The van der Waals surface area contributed by atoms with Gasteiger partial charge in [-0.3, -0.25) is 9.59 Å². The zero-order valence-corrected chi connectivity index (χ0v) is 23.7. The van der Waals surface area contributed by atoms with Crippen LogP contribution in [-0.4, -0.2) is 44.0 Å². The molecule has 0 aliphatic carbocycles. The van der Waals surface area contributed by atoms with E-state index in [-0.39, 0.29) is 42.0 Å². The summed E-state index contributed by atoms with van der Waals surface area (Å²) < 4.78 is 45.3. The minimum absolute atomic E-state index is 0.0444. The number of carboxylic acids is 1. The summed E-state index contributed by atoms with van der Waals surface area (Å²) in [5, 5.41) is 32.6. The predicted molar refractivity (Wildman–Crippen MR) is 157 cm³/mol. The van der Waals surface area contributed by atoms with E-state index in [4.69, 9.17) is 5.11 Å². The molecule has 0 fully saturated rings. The summed E-state index contributed by atoms with van der Waals surface area (Å²) in [6.45, 7) is 3.77.